The van der Waals surface area contributed by atoms with Crippen molar-refractivity contribution in [3.8, 4) is 0 Å². The smallest absolute Gasteiger partial charge is 0.0243 e. The molecule has 2 fully saturated rings. The highest BCUT2D eigenvalue weighted by Gasteiger charge is 2.42. The quantitative estimate of drug-likeness (QED) is 0.607. The summed E-state index contributed by atoms with van der Waals surface area (Å²) in [6, 6.07) is 0. The molecule has 0 aromatic heterocycles. The van der Waals surface area contributed by atoms with Crippen LogP contribution in [-0.2, 0) is 0 Å². The molecule has 2 aliphatic rings. The van der Waals surface area contributed by atoms with E-state index < -0.39 is 0 Å². The summed E-state index contributed by atoms with van der Waals surface area (Å²) in [5, 5.41) is 0. The van der Waals surface area contributed by atoms with E-state index in [0.29, 0.717) is 5.41 Å². The Kier molecular flexibility index (Phi) is 1.54. The van der Waals surface area contributed by atoms with Crippen molar-refractivity contribution in [3.05, 3.63) is 12.3 Å². The Balaban J connectivity index is 1.85. The molecule has 0 amide bonds. The van der Waals surface area contributed by atoms with Crippen molar-refractivity contribution in [2.24, 2.45) is 17.3 Å². The second kappa shape index (κ2) is 2.27. The standard InChI is InChI=1S/C11H19N/c1-8-5-10(8)9(2)12-6-11(3,4)7-12/h8,10H,2,5-7H2,1,3-4H3. The molecule has 0 bridgehead atoms. The molecular formula is C11H19N. The van der Waals surface area contributed by atoms with Crippen LogP contribution in [0, 0.1) is 17.3 Å². The van der Waals surface area contributed by atoms with E-state index in [9.17, 15) is 0 Å². The highest BCUT2D eigenvalue weighted by atomic mass is 15.2. The van der Waals surface area contributed by atoms with Gasteiger partial charge in [-0.2, -0.15) is 0 Å². The van der Waals surface area contributed by atoms with Crippen LogP contribution in [0.1, 0.15) is 27.2 Å². The van der Waals surface area contributed by atoms with Gasteiger partial charge in [0, 0.05) is 24.7 Å². The van der Waals surface area contributed by atoms with Gasteiger partial charge in [-0.1, -0.05) is 27.4 Å². The number of allylic oxidation sites excluding steroid dienone is 1. The Morgan fingerprint density at radius 2 is 1.92 bits per heavy atom. The fourth-order valence-corrected chi connectivity index (χ4v) is 2.21. The zero-order valence-corrected chi connectivity index (χ0v) is 8.43. The maximum atomic E-state index is 4.18. The van der Waals surface area contributed by atoms with Crippen LogP contribution in [0.15, 0.2) is 12.3 Å². The summed E-state index contributed by atoms with van der Waals surface area (Å²) in [4.78, 5) is 2.45. The molecule has 1 nitrogen and oxygen atoms in total. The summed E-state index contributed by atoms with van der Waals surface area (Å²) in [7, 11) is 0. The first kappa shape index (κ1) is 8.15. The zero-order valence-electron chi connectivity index (χ0n) is 8.43. The predicted molar refractivity (Wildman–Crippen MR) is 51.8 cm³/mol. The number of rotatable bonds is 2. The minimum absolute atomic E-state index is 0.543. The summed E-state index contributed by atoms with van der Waals surface area (Å²) in [5.41, 5.74) is 1.95. The van der Waals surface area contributed by atoms with E-state index >= 15 is 0 Å². The number of hydrogen-bond donors (Lipinski definition) is 0. The molecule has 1 heteroatoms. The van der Waals surface area contributed by atoms with Gasteiger partial charge in [-0.3, -0.25) is 0 Å². The van der Waals surface area contributed by atoms with E-state index in [1.807, 2.05) is 0 Å². The van der Waals surface area contributed by atoms with Crippen LogP contribution in [-0.4, -0.2) is 18.0 Å². The maximum Gasteiger partial charge on any atom is 0.0243 e. The fourth-order valence-electron chi connectivity index (χ4n) is 2.21. The van der Waals surface area contributed by atoms with E-state index in [1.165, 1.54) is 25.2 Å². The topological polar surface area (TPSA) is 3.24 Å². The van der Waals surface area contributed by atoms with Crippen molar-refractivity contribution >= 4 is 0 Å². The highest BCUT2D eigenvalue weighted by molar-refractivity contribution is 5.14. The van der Waals surface area contributed by atoms with Crippen molar-refractivity contribution in [1.29, 1.82) is 0 Å². The van der Waals surface area contributed by atoms with Gasteiger partial charge in [-0.15, -0.1) is 0 Å². The number of hydrogen-bond acceptors (Lipinski definition) is 1. The third-order valence-electron chi connectivity index (χ3n) is 3.18. The molecule has 1 saturated carbocycles. The molecule has 0 spiro atoms. The van der Waals surface area contributed by atoms with Crippen LogP contribution in [0.2, 0.25) is 0 Å². The summed E-state index contributed by atoms with van der Waals surface area (Å²) in [6.07, 6.45) is 1.37. The molecule has 2 rings (SSSR count). The van der Waals surface area contributed by atoms with Gasteiger partial charge in [-0.25, -0.2) is 0 Å². The Labute approximate surface area is 75.4 Å². The average molecular weight is 165 g/mol. The molecule has 1 saturated heterocycles. The summed E-state index contributed by atoms with van der Waals surface area (Å²) >= 11 is 0. The average Bonchev–Trinajstić information content (AvgIpc) is 2.60. The van der Waals surface area contributed by atoms with Crippen LogP contribution < -0.4 is 0 Å². The first-order chi connectivity index (χ1) is 5.49. The summed E-state index contributed by atoms with van der Waals surface area (Å²) < 4.78 is 0. The van der Waals surface area contributed by atoms with Crippen LogP contribution in [0.25, 0.3) is 0 Å². The van der Waals surface area contributed by atoms with Gasteiger partial charge in [0.05, 0.1) is 0 Å². The molecule has 0 radical (unpaired) electrons. The van der Waals surface area contributed by atoms with Crippen molar-refractivity contribution < 1.29 is 0 Å². The Hall–Kier alpha value is -0.460. The van der Waals surface area contributed by atoms with Gasteiger partial charge in [0.15, 0.2) is 0 Å². The highest BCUT2D eigenvalue weighted by Crippen LogP contribution is 2.46. The van der Waals surface area contributed by atoms with E-state index in [4.69, 9.17) is 0 Å². The molecule has 12 heavy (non-hydrogen) atoms. The molecule has 1 aliphatic carbocycles. The fraction of sp³-hybridized carbons (Fsp3) is 0.818. The number of nitrogens with zero attached hydrogens (tertiary/aromatic N) is 1. The molecule has 68 valence electrons. The molecular weight excluding hydrogens is 146 g/mol. The van der Waals surface area contributed by atoms with E-state index in [2.05, 4.69) is 32.3 Å². The minimum Gasteiger partial charge on any atom is -0.374 e. The summed E-state index contributed by atoms with van der Waals surface area (Å²) in [5.74, 6) is 1.72. The molecule has 0 aromatic carbocycles. The second-order valence-electron chi connectivity index (χ2n) is 5.33. The SMILES string of the molecule is C=C(C1CC1C)N1CC(C)(C)C1. The minimum atomic E-state index is 0.543. The second-order valence-corrected chi connectivity index (χ2v) is 5.33. The number of likely N-dealkylation sites (tertiary alicyclic amines) is 1. The van der Waals surface area contributed by atoms with Gasteiger partial charge in [-0.05, 0) is 17.8 Å². The maximum absolute atomic E-state index is 4.18. The first-order valence-electron chi connectivity index (χ1n) is 4.93. The van der Waals surface area contributed by atoms with Crippen molar-refractivity contribution in [2.45, 2.75) is 27.2 Å². The monoisotopic (exact) mass is 165 g/mol. The van der Waals surface area contributed by atoms with Crippen LogP contribution >= 0.6 is 0 Å². The molecule has 1 heterocycles. The Morgan fingerprint density at radius 3 is 2.25 bits per heavy atom. The largest absolute Gasteiger partial charge is 0.374 e. The lowest BCUT2D eigenvalue weighted by Gasteiger charge is -2.48. The van der Waals surface area contributed by atoms with Crippen molar-refractivity contribution in [2.75, 3.05) is 13.1 Å². The Bertz CT molecular complexity index is 209. The summed E-state index contributed by atoms with van der Waals surface area (Å²) in [6.45, 7) is 13.6. The van der Waals surface area contributed by atoms with Gasteiger partial charge in [0.1, 0.15) is 0 Å². The van der Waals surface area contributed by atoms with Gasteiger partial charge in [0.25, 0.3) is 0 Å². The molecule has 0 N–H and O–H groups in total. The van der Waals surface area contributed by atoms with E-state index in [1.54, 1.807) is 0 Å². The molecule has 2 unspecified atom stereocenters. The molecule has 2 atom stereocenters. The Morgan fingerprint density at radius 1 is 1.42 bits per heavy atom. The van der Waals surface area contributed by atoms with Crippen molar-refractivity contribution in [1.82, 2.24) is 4.90 Å². The van der Waals surface area contributed by atoms with E-state index in [0.717, 1.165) is 11.8 Å². The first-order valence-corrected chi connectivity index (χ1v) is 4.93. The predicted octanol–water partition coefficient (Wildman–Crippen LogP) is 2.50. The third kappa shape index (κ3) is 1.26. The van der Waals surface area contributed by atoms with E-state index in [-0.39, 0.29) is 0 Å². The van der Waals surface area contributed by atoms with Crippen molar-refractivity contribution in [3.63, 3.8) is 0 Å². The third-order valence-corrected chi connectivity index (χ3v) is 3.18. The van der Waals surface area contributed by atoms with Gasteiger partial charge < -0.3 is 4.90 Å². The molecule has 0 aromatic rings. The van der Waals surface area contributed by atoms with Crippen LogP contribution in [0.5, 0.6) is 0 Å². The lowest BCUT2D eigenvalue weighted by atomic mass is 9.83. The van der Waals surface area contributed by atoms with Gasteiger partial charge in [0.2, 0.25) is 0 Å². The molecule has 1 aliphatic heterocycles. The lowest BCUT2D eigenvalue weighted by Crippen LogP contribution is -2.52. The normalized spacial score (nSPS) is 37.4. The lowest BCUT2D eigenvalue weighted by molar-refractivity contribution is 0.0587. The zero-order chi connectivity index (χ0) is 8.93. The van der Waals surface area contributed by atoms with Crippen LogP contribution in [0.4, 0.5) is 0 Å². The van der Waals surface area contributed by atoms with Crippen LogP contribution in [0.3, 0.4) is 0 Å². The van der Waals surface area contributed by atoms with Gasteiger partial charge >= 0.3 is 0 Å².